The van der Waals surface area contributed by atoms with Gasteiger partial charge in [0.05, 0.1) is 5.02 Å². The molecule has 1 aromatic carbocycles. The number of aryl methyl sites for hydroxylation is 1. The van der Waals surface area contributed by atoms with E-state index in [-0.39, 0.29) is 10.8 Å². The summed E-state index contributed by atoms with van der Waals surface area (Å²) in [7, 11) is 0. The van der Waals surface area contributed by atoms with E-state index in [2.05, 4.69) is 5.32 Å². The third-order valence-corrected chi connectivity index (χ3v) is 3.97. The molecule has 18 heavy (non-hydrogen) atoms. The minimum absolute atomic E-state index is 0.234. The van der Waals surface area contributed by atoms with Gasteiger partial charge in [-0.1, -0.05) is 36.9 Å². The molecule has 1 unspecified atom stereocenters. The average Bonchev–Trinajstić information content (AvgIpc) is 2.32. The summed E-state index contributed by atoms with van der Waals surface area (Å²) >= 11 is 5.79. The predicted octanol–water partition coefficient (Wildman–Crippen LogP) is 4.33. The molecule has 1 aliphatic heterocycles. The van der Waals surface area contributed by atoms with Gasteiger partial charge in [-0.2, -0.15) is 0 Å². The maximum atomic E-state index is 13.0. The molecule has 1 heterocycles. The van der Waals surface area contributed by atoms with Crippen LogP contribution < -0.4 is 5.32 Å². The lowest BCUT2D eigenvalue weighted by Crippen LogP contribution is -2.31. The normalized spacial score (nSPS) is 21.3. The molecule has 1 atom stereocenters. The van der Waals surface area contributed by atoms with E-state index in [0.29, 0.717) is 6.04 Å². The molecule has 0 spiro atoms. The number of nitrogens with one attached hydrogen (secondary N) is 1. The van der Waals surface area contributed by atoms with E-state index in [1.165, 1.54) is 38.2 Å². The zero-order valence-corrected chi connectivity index (χ0v) is 11.5. The Morgan fingerprint density at radius 1 is 1.22 bits per heavy atom. The van der Waals surface area contributed by atoms with Gasteiger partial charge in [0.2, 0.25) is 0 Å². The summed E-state index contributed by atoms with van der Waals surface area (Å²) in [5.41, 5.74) is 1.13. The lowest BCUT2D eigenvalue weighted by Gasteiger charge is -2.21. The molecule has 0 aromatic heterocycles. The number of hydrogen-bond acceptors (Lipinski definition) is 1. The predicted molar refractivity (Wildman–Crippen MR) is 74.6 cm³/mol. The molecule has 1 saturated heterocycles. The molecular formula is C15H21ClFN. The lowest BCUT2D eigenvalue weighted by molar-refractivity contribution is 0.399. The summed E-state index contributed by atoms with van der Waals surface area (Å²) in [6.45, 7) is 1.13. The fraction of sp³-hybridized carbons (Fsp3) is 0.600. The van der Waals surface area contributed by atoms with Crippen molar-refractivity contribution in [3.8, 4) is 0 Å². The summed E-state index contributed by atoms with van der Waals surface area (Å²) in [4.78, 5) is 0. The van der Waals surface area contributed by atoms with E-state index in [0.717, 1.165) is 24.9 Å². The third-order valence-electron chi connectivity index (χ3n) is 3.68. The van der Waals surface area contributed by atoms with Crippen LogP contribution in [0.4, 0.5) is 4.39 Å². The van der Waals surface area contributed by atoms with Crippen molar-refractivity contribution in [2.75, 3.05) is 6.54 Å². The van der Waals surface area contributed by atoms with Crippen LogP contribution in [0.3, 0.4) is 0 Å². The van der Waals surface area contributed by atoms with Gasteiger partial charge in [0.15, 0.2) is 0 Å². The molecule has 1 aromatic rings. The number of rotatable bonds is 3. The first-order valence-corrected chi connectivity index (χ1v) is 7.31. The Morgan fingerprint density at radius 3 is 2.89 bits per heavy atom. The van der Waals surface area contributed by atoms with Crippen LogP contribution in [0.1, 0.15) is 44.1 Å². The van der Waals surface area contributed by atoms with Crippen LogP contribution in [0.15, 0.2) is 18.2 Å². The Morgan fingerprint density at radius 2 is 2.06 bits per heavy atom. The molecule has 1 aliphatic rings. The zero-order chi connectivity index (χ0) is 12.8. The van der Waals surface area contributed by atoms with E-state index in [1.54, 1.807) is 6.07 Å². The Bertz CT molecular complexity index is 373. The summed E-state index contributed by atoms with van der Waals surface area (Å²) in [5.74, 6) is -0.329. The number of benzene rings is 1. The third kappa shape index (κ3) is 4.25. The van der Waals surface area contributed by atoms with Gasteiger partial charge in [-0.15, -0.1) is 0 Å². The highest BCUT2D eigenvalue weighted by Gasteiger charge is 2.11. The summed E-state index contributed by atoms with van der Waals surface area (Å²) in [6, 6.07) is 5.65. The van der Waals surface area contributed by atoms with E-state index in [4.69, 9.17) is 11.6 Å². The molecular weight excluding hydrogens is 249 g/mol. The van der Waals surface area contributed by atoms with E-state index in [1.807, 2.05) is 6.07 Å². The molecule has 1 nitrogen and oxygen atoms in total. The van der Waals surface area contributed by atoms with Gasteiger partial charge in [-0.25, -0.2) is 4.39 Å². The van der Waals surface area contributed by atoms with Crippen LogP contribution in [-0.4, -0.2) is 12.6 Å². The molecule has 0 aliphatic carbocycles. The largest absolute Gasteiger partial charge is 0.314 e. The quantitative estimate of drug-likeness (QED) is 0.861. The van der Waals surface area contributed by atoms with Crippen molar-refractivity contribution in [1.29, 1.82) is 0 Å². The van der Waals surface area contributed by atoms with Gasteiger partial charge in [-0.05, 0) is 49.9 Å². The van der Waals surface area contributed by atoms with E-state index in [9.17, 15) is 4.39 Å². The Labute approximate surface area is 114 Å². The summed E-state index contributed by atoms with van der Waals surface area (Å²) in [6.07, 6.45) is 8.67. The van der Waals surface area contributed by atoms with Crippen LogP contribution in [0.25, 0.3) is 0 Å². The fourth-order valence-corrected chi connectivity index (χ4v) is 2.76. The highest BCUT2D eigenvalue weighted by molar-refractivity contribution is 6.30. The van der Waals surface area contributed by atoms with E-state index >= 15 is 0 Å². The second-order valence-electron chi connectivity index (χ2n) is 5.14. The Hall–Kier alpha value is -0.600. The molecule has 0 bridgehead atoms. The molecule has 0 amide bonds. The van der Waals surface area contributed by atoms with Gasteiger partial charge in [0.1, 0.15) is 5.82 Å². The lowest BCUT2D eigenvalue weighted by atomic mass is 9.98. The van der Waals surface area contributed by atoms with Crippen molar-refractivity contribution in [2.24, 2.45) is 0 Å². The zero-order valence-electron chi connectivity index (χ0n) is 10.7. The van der Waals surface area contributed by atoms with Crippen molar-refractivity contribution < 1.29 is 4.39 Å². The molecule has 0 radical (unpaired) electrons. The number of hydrogen-bond donors (Lipinski definition) is 1. The topological polar surface area (TPSA) is 12.0 Å². The summed E-state index contributed by atoms with van der Waals surface area (Å²) in [5, 5.41) is 3.85. The van der Waals surface area contributed by atoms with Crippen LogP contribution in [-0.2, 0) is 6.42 Å². The first-order chi connectivity index (χ1) is 8.75. The fourth-order valence-electron chi connectivity index (χ4n) is 2.56. The van der Waals surface area contributed by atoms with Crippen molar-refractivity contribution in [3.63, 3.8) is 0 Å². The molecule has 2 rings (SSSR count). The molecule has 100 valence electrons. The van der Waals surface area contributed by atoms with Crippen molar-refractivity contribution in [2.45, 2.75) is 51.0 Å². The minimum Gasteiger partial charge on any atom is -0.314 e. The van der Waals surface area contributed by atoms with Crippen LogP contribution in [0.5, 0.6) is 0 Å². The standard InChI is InChI=1S/C15H21ClFN/c16-14-11-12(7-9-15(14)17)6-8-13-5-3-1-2-4-10-18-13/h7,9,11,13,18H,1-6,8,10H2. The number of halogens is 2. The van der Waals surface area contributed by atoms with Gasteiger partial charge in [0.25, 0.3) is 0 Å². The van der Waals surface area contributed by atoms with Crippen molar-refractivity contribution in [1.82, 2.24) is 5.32 Å². The van der Waals surface area contributed by atoms with Gasteiger partial charge in [0, 0.05) is 6.04 Å². The maximum Gasteiger partial charge on any atom is 0.141 e. The Kier molecular flexibility index (Phi) is 5.45. The van der Waals surface area contributed by atoms with Crippen molar-refractivity contribution in [3.05, 3.63) is 34.6 Å². The minimum atomic E-state index is -0.329. The summed E-state index contributed by atoms with van der Waals surface area (Å²) < 4.78 is 13.0. The second kappa shape index (κ2) is 7.10. The SMILES string of the molecule is Fc1ccc(CCC2CCCCCCN2)cc1Cl. The molecule has 0 saturated carbocycles. The highest BCUT2D eigenvalue weighted by Crippen LogP contribution is 2.19. The highest BCUT2D eigenvalue weighted by atomic mass is 35.5. The first kappa shape index (κ1) is 13.8. The van der Waals surface area contributed by atoms with Crippen LogP contribution in [0.2, 0.25) is 5.02 Å². The maximum absolute atomic E-state index is 13.0. The second-order valence-corrected chi connectivity index (χ2v) is 5.55. The van der Waals surface area contributed by atoms with Gasteiger partial charge >= 0.3 is 0 Å². The van der Waals surface area contributed by atoms with E-state index < -0.39 is 0 Å². The molecule has 3 heteroatoms. The Balaban J connectivity index is 1.83. The van der Waals surface area contributed by atoms with Crippen LogP contribution >= 0.6 is 11.6 Å². The van der Waals surface area contributed by atoms with Crippen molar-refractivity contribution >= 4 is 11.6 Å². The monoisotopic (exact) mass is 269 g/mol. The molecule has 1 fully saturated rings. The van der Waals surface area contributed by atoms with Gasteiger partial charge in [-0.3, -0.25) is 0 Å². The van der Waals surface area contributed by atoms with Crippen LogP contribution in [0, 0.1) is 5.82 Å². The van der Waals surface area contributed by atoms with Gasteiger partial charge < -0.3 is 5.32 Å². The smallest absolute Gasteiger partial charge is 0.141 e. The average molecular weight is 270 g/mol. The first-order valence-electron chi connectivity index (χ1n) is 6.93. The molecule has 1 N–H and O–H groups in total.